The summed E-state index contributed by atoms with van der Waals surface area (Å²) >= 11 is 0. The van der Waals surface area contributed by atoms with E-state index in [-0.39, 0.29) is 5.78 Å². The topological polar surface area (TPSA) is 26.3 Å². The number of hydrogen-bond donors (Lipinski definition) is 0. The van der Waals surface area contributed by atoms with Crippen LogP contribution >= 0.6 is 0 Å². The second-order valence-electron chi connectivity index (χ2n) is 2.48. The zero-order valence-corrected chi connectivity index (χ0v) is 6.38. The molecule has 0 saturated heterocycles. The maximum atomic E-state index is 10.9. The number of ether oxygens (including phenoxy) is 1. The van der Waals surface area contributed by atoms with Crippen LogP contribution in [0.2, 0.25) is 0 Å². The molecule has 0 heterocycles. The summed E-state index contributed by atoms with van der Waals surface area (Å²) in [5, 5.41) is 0. The first-order valence-corrected chi connectivity index (χ1v) is 3.72. The summed E-state index contributed by atoms with van der Waals surface area (Å²) in [6.07, 6.45) is 5.52. The lowest BCUT2D eigenvalue weighted by molar-refractivity contribution is -0.115. The van der Waals surface area contributed by atoms with E-state index < -0.39 is 0 Å². The van der Waals surface area contributed by atoms with Crippen molar-refractivity contribution in [2.75, 3.05) is 6.61 Å². The molecule has 0 aromatic heterocycles. The van der Waals surface area contributed by atoms with Gasteiger partial charge in [-0.1, -0.05) is 12.6 Å². The predicted molar refractivity (Wildman–Crippen MR) is 43.1 cm³/mol. The third-order valence-electron chi connectivity index (χ3n) is 1.53. The van der Waals surface area contributed by atoms with Gasteiger partial charge >= 0.3 is 0 Å². The van der Waals surface area contributed by atoms with Gasteiger partial charge in [0.25, 0.3) is 0 Å². The molecule has 0 saturated carbocycles. The monoisotopic (exact) mass is 153 g/mol. The zero-order valence-electron chi connectivity index (χ0n) is 7.38. The van der Waals surface area contributed by atoms with Crippen LogP contribution in [0.15, 0.2) is 24.5 Å². The predicted octanol–water partition coefficient (Wildman–Crippen LogP) is 1.83. The molecule has 60 valence electrons. The standard InChI is InChI=1S/C9H12O2/c1-2-6-11-9-5-3-4-8(10)7-9/h2,7H,1,3-6H2/i1D. The Morgan fingerprint density at radius 1 is 1.82 bits per heavy atom. The summed E-state index contributed by atoms with van der Waals surface area (Å²) in [6.45, 7) is 1.58. The van der Waals surface area contributed by atoms with Gasteiger partial charge in [-0.15, -0.1) is 0 Å². The number of carbonyl (C=O) groups is 1. The lowest BCUT2D eigenvalue weighted by atomic mass is 10.1. The van der Waals surface area contributed by atoms with E-state index in [1.54, 1.807) is 12.2 Å². The maximum absolute atomic E-state index is 10.9. The highest BCUT2D eigenvalue weighted by atomic mass is 16.5. The first-order valence-electron chi connectivity index (χ1n) is 4.30. The van der Waals surface area contributed by atoms with Gasteiger partial charge in [0.05, 0.1) is 7.13 Å². The van der Waals surface area contributed by atoms with Crippen LogP contribution in [0.4, 0.5) is 0 Å². The van der Waals surface area contributed by atoms with Crippen LogP contribution in [-0.2, 0) is 9.53 Å². The van der Waals surface area contributed by atoms with Gasteiger partial charge in [-0.2, -0.15) is 0 Å². The number of hydrogen-bond acceptors (Lipinski definition) is 2. The second-order valence-corrected chi connectivity index (χ2v) is 2.48. The van der Waals surface area contributed by atoms with Crippen LogP contribution in [0, 0.1) is 0 Å². The molecule has 0 aromatic rings. The summed E-state index contributed by atoms with van der Waals surface area (Å²) in [5.41, 5.74) is 0. The molecule has 2 heteroatoms. The molecule has 0 spiro atoms. The molecule has 11 heavy (non-hydrogen) atoms. The zero-order chi connectivity index (χ0) is 8.81. The summed E-state index contributed by atoms with van der Waals surface area (Å²) in [7, 11) is 0. The normalized spacial score (nSPS) is 19.8. The van der Waals surface area contributed by atoms with E-state index >= 15 is 0 Å². The van der Waals surface area contributed by atoms with Crippen molar-refractivity contribution in [3.05, 3.63) is 24.5 Å². The van der Waals surface area contributed by atoms with Gasteiger partial charge in [-0.25, -0.2) is 0 Å². The van der Waals surface area contributed by atoms with Crippen LogP contribution < -0.4 is 0 Å². The molecule has 0 atom stereocenters. The highest BCUT2D eigenvalue weighted by Gasteiger charge is 2.09. The Labute approximate surface area is 68.0 Å². The Morgan fingerprint density at radius 2 is 2.73 bits per heavy atom. The SMILES string of the molecule is [2H]C=CCOC1=CC(=O)CCC1. The van der Waals surface area contributed by atoms with Gasteiger partial charge in [0.2, 0.25) is 0 Å². The first kappa shape index (κ1) is 6.65. The van der Waals surface area contributed by atoms with Crippen molar-refractivity contribution in [1.82, 2.24) is 0 Å². The molecular formula is C9H12O2. The lowest BCUT2D eigenvalue weighted by Crippen LogP contribution is -2.05. The lowest BCUT2D eigenvalue weighted by Gasteiger charge is -2.11. The third kappa shape index (κ3) is 2.58. The van der Waals surface area contributed by atoms with E-state index in [4.69, 9.17) is 6.11 Å². The molecule has 0 aromatic carbocycles. The molecule has 0 fully saturated rings. The average molecular weight is 153 g/mol. The number of allylic oxidation sites excluding steroid dienone is 2. The van der Waals surface area contributed by atoms with Crippen molar-refractivity contribution in [2.45, 2.75) is 19.3 Å². The van der Waals surface area contributed by atoms with Crippen LogP contribution in [0.3, 0.4) is 0 Å². The molecular weight excluding hydrogens is 140 g/mol. The van der Waals surface area contributed by atoms with Gasteiger partial charge in [-0.3, -0.25) is 4.79 Å². The Bertz CT molecular complexity index is 219. The van der Waals surface area contributed by atoms with E-state index in [9.17, 15) is 4.79 Å². The molecule has 0 N–H and O–H groups in total. The van der Waals surface area contributed by atoms with Crippen LogP contribution in [0.1, 0.15) is 20.6 Å². The fraction of sp³-hybridized carbons (Fsp3) is 0.444. The minimum Gasteiger partial charge on any atom is -0.494 e. The Hall–Kier alpha value is -1.05. The largest absolute Gasteiger partial charge is 0.494 e. The summed E-state index contributed by atoms with van der Waals surface area (Å²) < 4.78 is 11.9. The quantitative estimate of drug-likeness (QED) is 0.578. The molecule has 0 unspecified atom stereocenters. The summed E-state index contributed by atoms with van der Waals surface area (Å²) in [6, 6.07) is 0. The average Bonchev–Trinajstić information content (AvgIpc) is 2.05. The number of ketones is 1. The minimum absolute atomic E-state index is 0.145. The fourth-order valence-electron chi connectivity index (χ4n) is 1.03. The van der Waals surface area contributed by atoms with Crippen molar-refractivity contribution >= 4 is 5.78 Å². The van der Waals surface area contributed by atoms with Gasteiger partial charge in [0, 0.05) is 18.9 Å². The van der Waals surface area contributed by atoms with Crippen LogP contribution in [0.5, 0.6) is 0 Å². The highest BCUT2D eigenvalue weighted by Crippen LogP contribution is 2.15. The van der Waals surface area contributed by atoms with E-state index in [1.807, 2.05) is 0 Å². The molecule has 1 aliphatic carbocycles. The van der Waals surface area contributed by atoms with E-state index in [0.29, 0.717) is 13.0 Å². The highest BCUT2D eigenvalue weighted by molar-refractivity contribution is 5.90. The molecule has 0 aliphatic heterocycles. The van der Waals surface area contributed by atoms with Gasteiger partial charge in [-0.05, 0) is 6.42 Å². The molecule has 2 nitrogen and oxygen atoms in total. The first-order chi connectivity index (χ1) is 5.83. The Kier molecular flexibility index (Phi) is 2.39. The van der Waals surface area contributed by atoms with Crippen LogP contribution in [-0.4, -0.2) is 12.4 Å². The number of carbonyl (C=O) groups excluding carboxylic acids is 1. The second kappa shape index (κ2) is 3.96. The van der Waals surface area contributed by atoms with E-state index in [2.05, 4.69) is 0 Å². The van der Waals surface area contributed by atoms with Gasteiger partial charge in [0.15, 0.2) is 5.78 Å². The summed E-state index contributed by atoms with van der Waals surface area (Å²) in [4.78, 5) is 10.9. The maximum Gasteiger partial charge on any atom is 0.159 e. The Balaban J connectivity index is 2.35. The van der Waals surface area contributed by atoms with Crippen molar-refractivity contribution in [3.63, 3.8) is 0 Å². The van der Waals surface area contributed by atoms with Crippen LogP contribution in [0.25, 0.3) is 0 Å². The fourth-order valence-corrected chi connectivity index (χ4v) is 1.03. The molecule has 1 rings (SSSR count). The van der Waals surface area contributed by atoms with E-state index in [0.717, 1.165) is 18.6 Å². The van der Waals surface area contributed by atoms with Crippen molar-refractivity contribution < 1.29 is 10.9 Å². The van der Waals surface area contributed by atoms with E-state index in [1.165, 1.54) is 6.55 Å². The molecule has 1 aliphatic rings. The number of rotatable bonds is 3. The molecule has 0 radical (unpaired) electrons. The van der Waals surface area contributed by atoms with Crippen molar-refractivity contribution in [3.8, 4) is 0 Å². The molecule has 0 amide bonds. The van der Waals surface area contributed by atoms with Crippen molar-refractivity contribution in [1.29, 1.82) is 0 Å². The Morgan fingerprint density at radius 3 is 3.45 bits per heavy atom. The summed E-state index contributed by atoms with van der Waals surface area (Å²) in [5.74, 6) is 0.899. The van der Waals surface area contributed by atoms with Gasteiger partial charge in [0.1, 0.15) is 6.61 Å². The van der Waals surface area contributed by atoms with Gasteiger partial charge < -0.3 is 4.74 Å². The smallest absolute Gasteiger partial charge is 0.159 e. The third-order valence-corrected chi connectivity index (χ3v) is 1.53. The van der Waals surface area contributed by atoms with Crippen molar-refractivity contribution in [2.24, 2.45) is 0 Å². The molecule has 0 bridgehead atoms. The minimum atomic E-state index is 0.145.